The summed E-state index contributed by atoms with van der Waals surface area (Å²) in [4.78, 5) is 10.8. The first kappa shape index (κ1) is 11.3. The van der Waals surface area contributed by atoms with Crippen molar-refractivity contribution in [1.29, 1.82) is 0 Å². The molecule has 0 amide bonds. The number of hydrogen-bond acceptors (Lipinski definition) is 7. The zero-order valence-electron chi connectivity index (χ0n) is 7.15. The van der Waals surface area contributed by atoms with E-state index in [9.17, 15) is 9.90 Å². The number of carbonyl (C=O) groups excluding carboxylic acids is 1. The van der Waals surface area contributed by atoms with E-state index in [2.05, 4.69) is 4.74 Å². The molecule has 0 aliphatic carbocycles. The number of hydrogen-bond donors (Lipinski definition) is 5. The molecule has 0 spiro atoms. The fourth-order valence-corrected chi connectivity index (χ4v) is 1.20. The SMILES string of the molecule is O=C1OC([C@H](O)CO)[C@H](O)[C@@H](O)[C@@H]1O. The van der Waals surface area contributed by atoms with E-state index < -0.39 is 43.1 Å². The number of carbonyl (C=O) groups is 1. The Morgan fingerprint density at radius 2 is 1.86 bits per heavy atom. The molecule has 1 saturated heterocycles. The monoisotopic (exact) mass is 208 g/mol. The van der Waals surface area contributed by atoms with Gasteiger partial charge < -0.3 is 30.3 Å². The fraction of sp³-hybridized carbons (Fsp3) is 0.857. The van der Waals surface area contributed by atoms with Crippen LogP contribution in [0, 0.1) is 0 Å². The van der Waals surface area contributed by atoms with Crippen LogP contribution in [0.3, 0.4) is 0 Å². The minimum absolute atomic E-state index is 0.724. The van der Waals surface area contributed by atoms with Gasteiger partial charge in [-0.3, -0.25) is 0 Å². The number of esters is 1. The van der Waals surface area contributed by atoms with Crippen molar-refractivity contribution in [1.82, 2.24) is 0 Å². The molecule has 7 nitrogen and oxygen atoms in total. The van der Waals surface area contributed by atoms with Gasteiger partial charge >= 0.3 is 5.97 Å². The molecule has 5 N–H and O–H groups in total. The molecule has 14 heavy (non-hydrogen) atoms. The lowest BCUT2D eigenvalue weighted by atomic mass is 9.96. The normalized spacial score (nSPS) is 40.5. The zero-order valence-corrected chi connectivity index (χ0v) is 7.15. The van der Waals surface area contributed by atoms with Crippen molar-refractivity contribution >= 4 is 5.97 Å². The molecule has 0 radical (unpaired) electrons. The lowest BCUT2D eigenvalue weighted by molar-refractivity contribution is -0.217. The third-order valence-corrected chi connectivity index (χ3v) is 2.07. The van der Waals surface area contributed by atoms with E-state index in [0.29, 0.717) is 0 Å². The standard InChI is InChI=1S/C7H12O7/c8-1-2(9)6-4(11)3(10)5(12)7(13)14-6/h2-6,8-12H,1H2/t2-,3-,4-,5+,6?/m1/s1. The lowest BCUT2D eigenvalue weighted by Gasteiger charge is -2.35. The Morgan fingerprint density at radius 1 is 1.29 bits per heavy atom. The van der Waals surface area contributed by atoms with Gasteiger partial charge in [0.15, 0.2) is 12.2 Å². The van der Waals surface area contributed by atoms with Crippen molar-refractivity contribution in [3.8, 4) is 0 Å². The van der Waals surface area contributed by atoms with Gasteiger partial charge in [0.05, 0.1) is 6.61 Å². The summed E-state index contributed by atoms with van der Waals surface area (Å²) in [5, 5.41) is 45.0. The Kier molecular flexibility index (Phi) is 3.40. The minimum Gasteiger partial charge on any atom is -0.455 e. The Balaban J connectivity index is 2.75. The summed E-state index contributed by atoms with van der Waals surface area (Å²) >= 11 is 0. The molecule has 1 aliphatic rings. The molecule has 1 unspecified atom stereocenters. The molecular formula is C7H12O7. The summed E-state index contributed by atoms with van der Waals surface area (Å²) in [5.41, 5.74) is 0. The summed E-state index contributed by atoms with van der Waals surface area (Å²) in [5.74, 6) is -1.14. The highest BCUT2D eigenvalue weighted by Crippen LogP contribution is 2.19. The smallest absolute Gasteiger partial charge is 0.338 e. The summed E-state index contributed by atoms with van der Waals surface area (Å²) in [6.45, 7) is -0.724. The maximum Gasteiger partial charge on any atom is 0.338 e. The van der Waals surface area contributed by atoms with Crippen LogP contribution in [0.5, 0.6) is 0 Å². The molecule has 0 aromatic heterocycles. The average Bonchev–Trinajstić information content (AvgIpc) is 2.19. The number of ether oxygens (including phenoxy) is 1. The van der Waals surface area contributed by atoms with Gasteiger partial charge in [-0.05, 0) is 0 Å². The number of aliphatic hydroxyl groups excluding tert-OH is 5. The molecule has 0 aromatic rings. The van der Waals surface area contributed by atoms with Crippen molar-refractivity contribution in [2.45, 2.75) is 30.5 Å². The Morgan fingerprint density at radius 3 is 2.36 bits per heavy atom. The second kappa shape index (κ2) is 4.20. The zero-order chi connectivity index (χ0) is 10.9. The molecule has 1 heterocycles. The maximum atomic E-state index is 10.8. The molecule has 0 aromatic carbocycles. The Hall–Kier alpha value is -0.730. The molecule has 1 fully saturated rings. The highest BCUT2D eigenvalue weighted by molar-refractivity contribution is 5.76. The third-order valence-electron chi connectivity index (χ3n) is 2.07. The summed E-state index contributed by atoms with van der Waals surface area (Å²) < 4.78 is 4.43. The van der Waals surface area contributed by atoms with E-state index in [1.807, 2.05) is 0 Å². The van der Waals surface area contributed by atoms with E-state index in [1.54, 1.807) is 0 Å². The number of aliphatic hydroxyl groups is 5. The molecule has 0 saturated carbocycles. The van der Waals surface area contributed by atoms with Crippen LogP contribution in [0.25, 0.3) is 0 Å². The highest BCUT2D eigenvalue weighted by Gasteiger charge is 2.46. The van der Waals surface area contributed by atoms with Crippen LogP contribution in [0.1, 0.15) is 0 Å². The predicted molar refractivity (Wildman–Crippen MR) is 41.0 cm³/mol. The van der Waals surface area contributed by atoms with E-state index in [1.165, 1.54) is 0 Å². The maximum absolute atomic E-state index is 10.8. The molecule has 82 valence electrons. The van der Waals surface area contributed by atoms with Crippen LogP contribution < -0.4 is 0 Å². The van der Waals surface area contributed by atoms with Crippen molar-refractivity contribution in [3.05, 3.63) is 0 Å². The highest BCUT2D eigenvalue weighted by atomic mass is 16.6. The largest absolute Gasteiger partial charge is 0.455 e. The molecule has 5 atom stereocenters. The number of cyclic esters (lactones) is 1. The summed E-state index contributed by atoms with van der Waals surface area (Å²) in [7, 11) is 0. The first-order valence-corrected chi connectivity index (χ1v) is 4.02. The van der Waals surface area contributed by atoms with Crippen LogP contribution in [-0.4, -0.2) is 68.6 Å². The van der Waals surface area contributed by atoms with Crippen LogP contribution >= 0.6 is 0 Å². The molecule has 0 bridgehead atoms. The quantitative estimate of drug-likeness (QED) is 0.296. The lowest BCUT2D eigenvalue weighted by Crippen LogP contribution is -2.59. The van der Waals surface area contributed by atoms with Crippen molar-refractivity contribution < 1.29 is 35.1 Å². The van der Waals surface area contributed by atoms with Crippen molar-refractivity contribution in [2.24, 2.45) is 0 Å². The molecular weight excluding hydrogens is 196 g/mol. The van der Waals surface area contributed by atoms with Crippen molar-refractivity contribution in [3.63, 3.8) is 0 Å². The second-order valence-corrected chi connectivity index (χ2v) is 3.08. The van der Waals surface area contributed by atoms with Gasteiger partial charge in [0.2, 0.25) is 0 Å². The molecule has 7 heteroatoms. The van der Waals surface area contributed by atoms with Crippen LogP contribution in [-0.2, 0) is 9.53 Å². The summed E-state index contributed by atoms with van der Waals surface area (Å²) in [6, 6.07) is 0. The minimum atomic E-state index is -1.83. The molecule has 1 rings (SSSR count). The van der Waals surface area contributed by atoms with Gasteiger partial charge in [0, 0.05) is 0 Å². The van der Waals surface area contributed by atoms with E-state index in [-0.39, 0.29) is 0 Å². The van der Waals surface area contributed by atoms with Crippen LogP contribution in [0.4, 0.5) is 0 Å². The summed E-state index contributed by atoms with van der Waals surface area (Å²) in [6.07, 6.45) is -8.08. The van der Waals surface area contributed by atoms with Gasteiger partial charge in [0.25, 0.3) is 0 Å². The van der Waals surface area contributed by atoms with E-state index in [4.69, 9.17) is 20.4 Å². The van der Waals surface area contributed by atoms with Crippen LogP contribution in [0.15, 0.2) is 0 Å². The first-order valence-electron chi connectivity index (χ1n) is 4.02. The van der Waals surface area contributed by atoms with Crippen molar-refractivity contribution in [2.75, 3.05) is 6.61 Å². The molecule has 1 aliphatic heterocycles. The first-order chi connectivity index (χ1) is 6.49. The Labute approximate surface area is 79.2 Å². The van der Waals surface area contributed by atoms with Gasteiger partial charge in [-0.2, -0.15) is 0 Å². The topological polar surface area (TPSA) is 127 Å². The van der Waals surface area contributed by atoms with Gasteiger partial charge in [-0.1, -0.05) is 0 Å². The fourth-order valence-electron chi connectivity index (χ4n) is 1.20. The van der Waals surface area contributed by atoms with Gasteiger partial charge in [-0.25, -0.2) is 4.79 Å². The van der Waals surface area contributed by atoms with E-state index in [0.717, 1.165) is 0 Å². The van der Waals surface area contributed by atoms with Gasteiger partial charge in [0.1, 0.15) is 18.3 Å². The predicted octanol–water partition coefficient (Wildman–Crippen LogP) is -3.65. The third kappa shape index (κ3) is 1.86. The number of rotatable bonds is 2. The second-order valence-electron chi connectivity index (χ2n) is 3.08. The van der Waals surface area contributed by atoms with Crippen LogP contribution in [0.2, 0.25) is 0 Å². The Bertz CT molecular complexity index is 218. The average molecular weight is 208 g/mol. The van der Waals surface area contributed by atoms with E-state index >= 15 is 0 Å². The van der Waals surface area contributed by atoms with Gasteiger partial charge in [-0.15, -0.1) is 0 Å².